The van der Waals surface area contributed by atoms with Crippen LogP contribution < -0.4 is 4.74 Å². The molecule has 2 aromatic heterocycles. The Balaban J connectivity index is 2.30. The lowest BCUT2D eigenvalue weighted by atomic mass is 10.2. The highest BCUT2D eigenvalue weighted by atomic mass is 16.5. The summed E-state index contributed by atoms with van der Waals surface area (Å²) in [6.07, 6.45) is 4.84. The molecule has 0 radical (unpaired) electrons. The Kier molecular flexibility index (Phi) is 3.33. The number of fused-ring (bicyclic) bond motifs is 1. The van der Waals surface area contributed by atoms with Crippen molar-refractivity contribution in [1.29, 1.82) is 0 Å². The number of methoxy groups -OCH3 is 1. The summed E-state index contributed by atoms with van der Waals surface area (Å²) < 4.78 is 7.32. The number of pyridine rings is 1. The lowest BCUT2D eigenvalue weighted by Gasteiger charge is -2.18. The summed E-state index contributed by atoms with van der Waals surface area (Å²) in [4.78, 5) is 6.67. The van der Waals surface area contributed by atoms with Crippen LogP contribution in [0, 0.1) is 0 Å². The third kappa shape index (κ3) is 2.42. The molecule has 0 aromatic carbocycles. The van der Waals surface area contributed by atoms with Gasteiger partial charge in [0.15, 0.2) is 0 Å². The normalized spacial score (nSPS) is 13.2. The minimum Gasteiger partial charge on any atom is -0.497 e. The molecule has 1 atom stereocenters. The summed E-state index contributed by atoms with van der Waals surface area (Å²) in [6.45, 7) is 2.20. The fraction of sp³-hybridized carbons (Fsp3) is 0.462. The van der Waals surface area contributed by atoms with Gasteiger partial charge in [0.25, 0.3) is 0 Å². The fourth-order valence-electron chi connectivity index (χ4n) is 1.76. The fourth-order valence-corrected chi connectivity index (χ4v) is 1.76. The van der Waals surface area contributed by atoms with Gasteiger partial charge < -0.3 is 14.0 Å². The van der Waals surface area contributed by atoms with E-state index < -0.39 is 0 Å². The van der Waals surface area contributed by atoms with E-state index in [1.54, 1.807) is 7.11 Å². The second-order valence-corrected chi connectivity index (χ2v) is 4.55. The van der Waals surface area contributed by atoms with Crippen LogP contribution in [-0.4, -0.2) is 41.5 Å². The second kappa shape index (κ2) is 4.75. The van der Waals surface area contributed by atoms with Crippen LogP contribution in [0.15, 0.2) is 24.5 Å². The number of hydrogen-bond donors (Lipinski definition) is 0. The molecular weight excluding hydrogens is 214 g/mol. The zero-order chi connectivity index (χ0) is 12.4. The van der Waals surface area contributed by atoms with Gasteiger partial charge in [-0.1, -0.05) is 0 Å². The first kappa shape index (κ1) is 11.9. The third-order valence-electron chi connectivity index (χ3n) is 3.18. The molecule has 0 saturated carbocycles. The molecule has 92 valence electrons. The zero-order valence-corrected chi connectivity index (χ0v) is 10.8. The maximum atomic E-state index is 5.20. The summed E-state index contributed by atoms with van der Waals surface area (Å²) in [5.74, 6) is 1.95. The molecule has 0 fully saturated rings. The van der Waals surface area contributed by atoms with E-state index in [1.807, 2.05) is 24.5 Å². The van der Waals surface area contributed by atoms with Crippen molar-refractivity contribution in [1.82, 2.24) is 14.3 Å². The number of hydrogen-bond acceptors (Lipinski definition) is 3. The van der Waals surface area contributed by atoms with Gasteiger partial charge in [0.05, 0.1) is 18.8 Å². The van der Waals surface area contributed by atoms with Gasteiger partial charge in [-0.3, -0.25) is 0 Å². The maximum Gasteiger partial charge on any atom is 0.122 e. The van der Waals surface area contributed by atoms with E-state index in [4.69, 9.17) is 4.74 Å². The van der Waals surface area contributed by atoms with Crippen molar-refractivity contribution in [2.45, 2.75) is 19.4 Å². The lowest BCUT2D eigenvalue weighted by molar-refractivity contribution is 0.308. The lowest BCUT2D eigenvalue weighted by Crippen LogP contribution is -2.27. The first-order valence-corrected chi connectivity index (χ1v) is 5.78. The third-order valence-corrected chi connectivity index (χ3v) is 3.18. The molecule has 0 spiro atoms. The van der Waals surface area contributed by atoms with Crippen molar-refractivity contribution in [3.05, 3.63) is 30.4 Å². The minimum absolute atomic E-state index is 0.475. The van der Waals surface area contributed by atoms with Gasteiger partial charge in [-0.05, 0) is 27.1 Å². The van der Waals surface area contributed by atoms with Crippen molar-refractivity contribution in [2.24, 2.45) is 0 Å². The molecule has 1 unspecified atom stereocenters. The Hall–Kier alpha value is -1.55. The molecule has 0 bridgehead atoms. The van der Waals surface area contributed by atoms with Crippen LogP contribution in [0.1, 0.15) is 12.7 Å². The predicted octanol–water partition coefficient (Wildman–Crippen LogP) is 1.84. The Morgan fingerprint density at radius 1 is 1.47 bits per heavy atom. The minimum atomic E-state index is 0.475. The molecule has 0 saturated heterocycles. The summed E-state index contributed by atoms with van der Waals surface area (Å²) in [5.41, 5.74) is 1.07. The number of aromatic nitrogens is 2. The topological polar surface area (TPSA) is 29.8 Å². The molecule has 4 nitrogen and oxygen atoms in total. The molecule has 0 aliphatic rings. The summed E-state index contributed by atoms with van der Waals surface area (Å²) >= 11 is 0. The van der Waals surface area contributed by atoms with Gasteiger partial charge in [0.2, 0.25) is 0 Å². The molecule has 17 heavy (non-hydrogen) atoms. The van der Waals surface area contributed by atoms with Gasteiger partial charge in [-0.25, -0.2) is 4.98 Å². The predicted molar refractivity (Wildman–Crippen MR) is 68.6 cm³/mol. The van der Waals surface area contributed by atoms with Crippen LogP contribution in [-0.2, 0) is 6.42 Å². The van der Waals surface area contributed by atoms with Gasteiger partial charge in [0.1, 0.15) is 11.6 Å². The summed E-state index contributed by atoms with van der Waals surface area (Å²) in [6, 6.07) is 4.43. The van der Waals surface area contributed by atoms with Gasteiger partial charge in [0, 0.05) is 24.7 Å². The second-order valence-electron chi connectivity index (χ2n) is 4.55. The Morgan fingerprint density at radius 3 is 2.88 bits per heavy atom. The van der Waals surface area contributed by atoms with Crippen molar-refractivity contribution in [2.75, 3.05) is 21.2 Å². The first-order chi connectivity index (χ1) is 8.11. The SMILES string of the molecule is COc1ccn2c(CC(C)N(C)C)ncc2c1. The molecule has 0 aliphatic carbocycles. The molecule has 2 aromatic rings. The molecule has 0 aliphatic heterocycles. The number of ether oxygens (including phenoxy) is 1. The van der Waals surface area contributed by atoms with E-state index >= 15 is 0 Å². The summed E-state index contributed by atoms with van der Waals surface area (Å²) in [7, 11) is 5.85. The Bertz CT molecular complexity index is 504. The van der Waals surface area contributed by atoms with Crippen LogP contribution in [0.25, 0.3) is 5.52 Å². The molecule has 0 amide bonds. The highest BCUT2D eigenvalue weighted by Crippen LogP contribution is 2.16. The maximum absolute atomic E-state index is 5.20. The van der Waals surface area contributed by atoms with Crippen molar-refractivity contribution in [3.8, 4) is 5.75 Å². The highest BCUT2D eigenvalue weighted by Gasteiger charge is 2.10. The van der Waals surface area contributed by atoms with Crippen LogP contribution in [0.3, 0.4) is 0 Å². The van der Waals surface area contributed by atoms with Crippen molar-refractivity contribution >= 4 is 5.52 Å². The van der Waals surface area contributed by atoms with Crippen molar-refractivity contribution < 1.29 is 4.74 Å². The molecule has 4 heteroatoms. The smallest absolute Gasteiger partial charge is 0.122 e. The Labute approximate surface area is 102 Å². The molecular formula is C13H19N3O. The molecule has 2 rings (SSSR count). The van der Waals surface area contributed by atoms with Crippen LogP contribution >= 0.6 is 0 Å². The number of rotatable bonds is 4. The largest absolute Gasteiger partial charge is 0.497 e. The van der Waals surface area contributed by atoms with Gasteiger partial charge >= 0.3 is 0 Å². The van der Waals surface area contributed by atoms with Crippen molar-refractivity contribution in [3.63, 3.8) is 0 Å². The first-order valence-electron chi connectivity index (χ1n) is 5.78. The van der Waals surface area contributed by atoms with Crippen LogP contribution in [0.2, 0.25) is 0 Å². The number of nitrogens with zero attached hydrogens (tertiary/aromatic N) is 3. The quantitative estimate of drug-likeness (QED) is 0.807. The van der Waals surface area contributed by atoms with E-state index in [0.717, 1.165) is 23.5 Å². The van der Waals surface area contributed by atoms with E-state index in [-0.39, 0.29) is 0 Å². The average molecular weight is 233 g/mol. The summed E-state index contributed by atoms with van der Waals surface area (Å²) in [5, 5.41) is 0. The van der Waals surface area contributed by atoms with Crippen LogP contribution in [0.4, 0.5) is 0 Å². The standard InChI is InChI=1S/C13H19N3O/c1-10(15(2)3)7-13-14-9-11-8-12(17-4)5-6-16(11)13/h5-6,8-10H,7H2,1-4H3. The molecule has 2 heterocycles. The van der Waals surface area contributed by atoms with Crippen LogP contribution in [0.5, 0.6) is 5.75 Å². The monoisotopic (exact) mass is 233 g/mol. The van der Waals surface area contributed by atoms with E-state index in [2.05, 4.69) is 35.3 Å². The van der Waals surface area contributed by atoms with E-state index in [9.17, 15) is 0 Å². The highest BCUT2D eigenvalue weighted by molar-refractivity contribution is 5.50. The number of imidazole rings is 1. The zero-order valence-electron chi connectivity index (χ0n) is 10.8. The number of likely N-dealkylation sites (N-methyl/N-ethyl adjacent to an activating group) is 1. The van der Waals surface area contributed by atoms with Gasteiger partial charge in [-0.2, -0.15) is 0 Å². The van der Waals surface area contributed by atoms with E-state index in [0.29, 0.717) is 6.04 Å². The molecule has 0 N–H and O–H groups in total. The van der Waals surface area contributed by atoms with Gasteiger partial charge in [-0.15, -0.1) is 0 Å². The van der Waals surface area contributed by atoms with E-state index in [1.165, 1.54) is 0 Å². The average Bonchev–Trinajstić information content (AvgIpc) is 2.71. The Morgan fingerprint density at radius 2 is 2.24 bits per heavy atom.